The van der Waals surface area contributed by atoms with E-state index in [-0.39, 0.29) is 0 Å². The second-order valence-electron chi connectivity index (χ2n) is 5.14. The molecule has 2 N–H and O–H groups in total. The standard InChI is InChI=1S/C15H19N5/c1-4-12-13-14(19(3)18-12)20(15(16)17-13)9-11-7-5-6-10(2)8-11/h5-8H,4,9H2,1-3H3,(H2,16,17). The largest absolute Gasteiger partial charge is 0.369 e. The quantitative estimate of drug-likeness (QED) is 0.793. The first-order valence-corrected chi connectivity index (χ1v) is 6.83. The lowest BCUT2D eigenvalue weighted by atomic mass is 10.1. The summed E-state index contributed by atoms with van der Waals surface area (Å²) >= 11 is 0. The summed E-state index contributed by atoms with van der Waals surface area (Å²) in [6.45, 7) is 4.89. The third-order valence-corrected chi connectivity index (χ3v) is 3.58. The fourth-order valence-corrected chi connectivity index (χ4v) is 2.65. The maximum absolute atomic E-state index is 6.09. The Morgan fingerprint density at radius 1 is 1.30 bits per heavy atom. The van der Waals surface area contributed by atoms with Gasteiger partial charge in [0.1, 0.15) is 5.52 Å². The molecule has 0 aliphatic heterocycles. The summed E-state index contributed by atoms with van der Waals surface area (Å²) in [6.07, 6.45) is 0.859. The average Bonchev–Trinajstić information content (AvgIpc) is 2.88. The Kier molecular flexibility index (Phi) is 2.97. The maximum atomic E-state index is 6.09. The monoisotopic (exact) mass is 269 g/mol. The van der Waals surface area contributed by atoms with Crippen molar-refractivity contribution < 1.29 is 0 Å². The molecule has 0 radical (unpaired) electrons. The van der Waals surface area contributed by atoms with Crippen molar-refractivity contribution in [2.24, 2.45) is 7.05 Å². The molecule has 0 fully saturated rings. The van der Waals surface area contributed by atoms with Crippen molar-refractivity contribution in [2.45, 2.75) is 26.8 Å². The van der Waals surface area contributed by atoms with E-state index in [1.807, 2.05) is 16.3 Å². The van der Waals surface area contributed by atoms with Gasteiger partial charge in [0, 0.05) is 7.05 Å². The number of fused-ring (bicyclic) bond motifs is 1. The zero-order chi connectivity index (χ0) is 14.3. The summed E-state index contributed by atoms with van der Waals surface area (Å²) in [5.74, 6) is 0.546. The second kappa shape index (κ2) is 4.67. The number of nitrogen functional groups attached to an aromatic ring is 1. The molecule has 0 unspecified atom stereocenters. The van der Waals surface area contributed by atoms with E-state index in [2.05, 4.69) is 48.2 Å². The Morgan fingerprint density at radius 3 is 2.80 bits per heavy atom. The molecule has 5 heteroatoms. The zero-order valence-electron chi connectivity index (χ0n) is 12.1. The number of rotatable bonds is 3. The molecule has 0 aliphatic carbocycles. The average molecular weight is 269 g/mol. The number of anilines is 1. The van der Waals surface area contributed by atoms with Gasteiger partial charge in [0.05, 0.1) is 12.2 Å². The first-order valence-electron chi connectivity index (χ1n) is 6.83. The molecular formula is C15H19N5. The minimum Gasteiger partial charge on any atom is -0.369 e. The van der Waals surface area contributed by atoms with Gasteiger partial charge in [-0.05, 0) is 18.9 Å². The van der Waals surface area contributed by atoms with Crippen molar-refractivity contribution in [3.63, 3.8) is 0 Å². The highest BCUT2D eigenvalue weighted by molar-refractivity contribution is 5.77. The lowest BCUT2D eigenvalue weighted by Gasteiger charge is -2.07. The van der Waals surface area contributed by atoms with Gasteiger partial charge >= 0.3 is 0 Å². The van der Waals surface area contributed by atoms with E-state index in [1.165, 1.54) is 11.1 Å². The zero-order valence-corrected chi connectivity index (χ0v) is 12.1. The van der Waals surface area contributed by atoms with E-state index in [1.54, 1.807) is 0 Å². The lowest BCUT2D eigenvalue weighted by molar-refractivity contribution is 0.719. The van der Waals surface area contributed by atoms with Crippen LogP contribution in [0.25, 0.3) is 11.2 Å². The topological polar surface area (TPSA) is 61.7 Å². The Morgan fingerprint density at radius 2 is 2.10 bits per heavy atom. The molecule has 2 heterocycles. The summed E-state index contributed by atoms with van der Waals surface area (Å²) in [5.41, 5.74) is 11.5. The van der Waals surface area contributed by atoms with Gasteiger partial charge in [-0.25, -0.2) is 4.98 Å². The second-order valence-corrected chi connectivity index (χ2v) is 5.14. The number of aryl methyl sites for hydroxylation is 3. The van der Waals surface area contributed by atoms with Crippen molar-refractivity contribution in [2.75, 3.05) is 5.73 Å². The number of imidazole rings is 1. The smallest absolute Gasteiger partial charge is 0.202 e. The van der Waals surface area contributed by atoms with Crippen LogP contribution in [0.1, 0.15) is 23.7 Å². The minimum absolute atomic E-state index is 0.546. The molecule has 0 spiro atoms. The van der Waals surface area contributed by atoms with Gasteiger partial charge in [-0.1, -0.05) is 36.8 Å². The summed E-state index contributed by atoms with van der Waals surface area (Å²) in [7, 11) is 1.94. The molecule has 5 nitrogen and oxygen atoms in total. The van der Waals surface area contributed by atoms with Gasteiger partial charge < -0.3 is 5.73 Å². The predicted octanol–water partition coefficient (Wildman–Crippen LogP) is 2.27. The Balaban J connectivity index is 2.11. The third kappa shape index (κ3) is 1.95. The molecule has 0 aliphatic rings. The predicted molar refractivity (Wildman–Crippen MR) is 80.6 cm³/mol. The van der Waals surface area contributed by atoms with E-state index in [0.29, 0.717) is 12.5 Å². The molecule has 3 rings (SSSR count). The van der Waals surface area contributed by atoms with Gasteiger partial charge in [0.25, 0.3) is 0 Å². The SMILES string of the molecule is CCc1nn(C)c2c1nc(N)n2Cc1cccc(C)c1. The molecular weight excluding hydrogens is 250 g/mol. The Hall–Kier alpha value is -2.30. The number of benzene rings is 1. The first kappa shape index (κ1) is 12.7. The highest BCUT2D eigenvalue weighted by atomic mass is 15.3. The summed E-state index contributed by atoms with van der Waals surface area (Å²) in [5, 5.41) is 4.51. The van der Waals surface area contributed by atoms with Crippen LogP contribution >= 0.6 is 0 Å². The number of nitrogens with zero attached hydrogens (tertiary/aromatic N) is 4. The van der Waals surface area contributed by atoms with Crippen molar-refractivity contribution in [3.05, 3.63) is 41.1 Å². The van der Waals surface area contributed by atoms with E-state index in [0.717, 1.165) is 23.3 Å². The van der Waals surface area contributed by atoms with Crippen molar-refractivity contribution in [3.8, 4) is 0 Å². The third-order valence-electron chi connectivity index (χ3n) is 3.58. The fourth-order valence-electron chi connectivity index (χ4n) is 2.65. The molecule has 0 amide bonds. The highest BCUT2D eigenvalue weighted by Crippen LogP contribution is 2.22. The molecule has 0 bridgehead atoms. The molecule has 2 aromatic heterocycles. The van der Waals surface area contributed by atoms with Gasteiger partial charge in [0.2, 0.25) is 5.95 Å². The van der Waals surface area contributed by atoms with E-state index in [4.69, 9.17) is 5.73 Å². The van der Waals surface area contributed by atoms with Crippen LogP contribution in [-0.2, 0) is 20.0 Å². The first-order chi connectivity index (χ1) is 9.60. The minimum atomic E-state index is 0.546. The van der Waals surface area contributed by atoms with Crippen molar-refractivity contribution in [1.29, 1.82) is 0 Å². The van der Waals surface area contributed by atoms with Crippen LogP contribution in [0.15, 0.2) is 24.3 Å². The molecule has 0 saturated carbocycles. The number of nitrogens with two attached hydrogens (primary N) is 1. The van der Waals surface area contributed by atoms with E-state index in [9.17, 15) is 0 Å². The maximum Gasteiger partial charge on any atom is 0.202 e. The van der Waals surface area contributed by atoms with Gasteiger partial charge in [-0.2, -0.15) is 5.10 Å². The van der Waals surface area contributed by atoms with Crippen LogP contribution in [0.4, 0.5) is 5.95 Å². The summed E-state index contributed by atoms with van der Waals surface area (Å²) in [6, 6.07) is 8.43. The summed E-state index contributed by atoms with van der Waals surface area (Å²) in [4.78, 5) is 4.48. The summed E-state index contributed by atoms with van der Waals surface area (Å²) < 4.78 is 3.89. The van der Waals surface area contributed by atoms with Crippen LogP contribution in [0.3, 0.4) is 0 Å². The molecule has 104 valence electrons. The van der Waals surface area contributed by atoms with Crippen molar-refractivity contribution in [1.82, 2.24) is 19.3 Å². The van der Waals surface area contributed by atoms with E-state index < -0.39 is 0 Å². The van der Waals surface area contributed by atoms with Crippen LogP contribution in [0, 0.1) is 6.92 Å². The van der Waals surface area contributed by atoms with Gasteiger partial charge in [-0.3, -0.25) is 9.25 Å². The van der Waals surface area contributed by atoms with Crippen LogP contribution in [0.5, 0.6) is 0 Å². The molecule has 0 atom stereocenters. The number of hydrogen-bond donors (Lipinski definition) is 1. The lowest BCUT2D eigenvalue weighted by Crippen LogP contribution is -2.08. The highest BCUT2D eigenvalue weighted by Gasteiger charge is 2.16. The molecule has 1 aromatic carbocycles. The van der Waals surface area contributed by atoms with Gasteiger partial charge in [-0.15, -0.1) is 0 Å². The Bertz CT molecular complexity index is 766. The van der Waals surface area contributed by atoms with E-state index >= 15 is 0 Å². The Labute approximate surface area is 118 Å². The number of hydrogen-bond acceptors (Lipinski definition) is 3. The molecule has 3 aromatic rings. The van der Waals surface area contributed by atoms with Gasteiger partial charge in [0.15, 0.2) is 5.65 Å². The van der Waals surface area contributed by atoms with Crippen LogP contribution in [-0.4, -0.2) is 19.3 Å². The number of aromatic nitrogens is 4. The molecule has 20 heavy (non-hydrogen) atoms. The fraction of sp³-hybridized carbons (Fsp3) is 0.333. The normalized spacial score (nSPS) is 11.3. The van der Waals surface area contributed by atoms with Crippen LogP contribution in [0.2, 0.25) is 0 Å². The van der Waals surface area contributed by atoms with Crippen LogP contribution < -0.4 is 5.73 Å². The van der Waals surface area contributed by atoms with Crippen molar-refractivity contribution >= 4 is 17.1 Å². The molecule has 0 saturated heterocycles.